The molecule has 140 valence electrons. The highest BCUT2D eigenvalue weighted by Gasteiger charge is 2.16. The molecule has 0 spiro atoms. The van der Waals surface area contributed by atoms with Crippen LogP contribution in [0.5, 0.6) is 5.75 Å². The second-order valence-corrected chi connectivity index (χ2v) is 6.68. The van der Waals surface area contributed by atoms with E-state index in [0.29, 0.717) is 29.8 Å². The Morgan fingerprint density at radius 3 is 2.59 bits per heavy atom. The molecule has 3 rings (SSSR count). The SMILES string of the molecule is CCOc1ccccc1NC(=S)N(Cc1ccco1)Cc1ccccc1Cl. The van der Waals surface area contributed by atoms with Crippen LogP contribution >= 0.6 is 23.8 Å². The van der Waals surface area contributed by atoms with E-state index in [1.165, 1.54) is 0 Å². The van der Waals surface area contributed by atoms with Crippen LogP contribution in [0.4, 0.5) is 5.69 Å². The number of furan rings is 1. The molecule has 0 aliphatic heterocycles. The summed E-state index contributed by atoms with van der Waals surface area (Å²) in [7, 11) is 0. The molecule has 3 aromatic rings. The van der Waals surface area contributed by atoms with Gasteiger partial charge in [-0.15, -0.1) is 0 Å². The first-order valence-electron chi connectivity index (χ1n) is 8.71. The van der Waals surface area contributed by atoms with Crippen molar-refractivity contribution >= 4 is 34.6 Å². The standard InChI is InChI=1S/C21H21ClN2O2S/c1-2-25-20-12-6-5-11-19(20)23-21(27)24(15-17-9-7-13-26-17)14-16-8-3-4-10-18(16)22/h3-13H,2,14-15H2,1H3,(H,23,27). The summed E-state index contributed by atoms with van der Waals surface area (Å²) < 4.78 is 11.2. The Morgan fingerprint density at radius 2 is 1.85 bits per heavy atom. The third-order valence-corrected chi connectivity index (χ3v) is 4.69. The number of thiocarbonyl (C=S) groups is 1. The van der Waals surface area contributed by atoms with E-state index in [-0.39, 0.29) is 0 Å². The van der Waals surface area contributed by atoms with Crippen LogP contribution in [-0.2, 0) is 13.1 Å². The van der Waals surface area contributed by atoms with Crippen molar-refractivity contribution in [3.8, 4) is 5.75 Å². The van der Waals surface area contributed by atoms with E-state index in [4.69, 9.17) is 33.0 Å². The Bertz CT molecular complexity index is 883. The average Bonchev–Trinajstić information content (AvgIpc) is 3.18. The van der Waals surface area contributed by atoms with Gasteiger partial charge in [-0.2, -0.15) is 0 Å². The monoisotopic (exact) mass is 400 g/mol. The number of ether oxygens (including phenoxy) is 1. The molecule has 0 unspecified atom stereocenters. The molecular weight excluding hydrogens is 380 g/mol. The summed E-state index contributed by atoms with van der Waals surface area (Å²) in [5, 5.41) is 4.57. The van der Waals surface area contributed by atoms with E-state index in [9.17, 15) is 0 Å². The van der Waals surface area contributed by atoms with Gasteiger partial charge in [-0.05, 0) is 55.0 Å². The molecule has 1 heterocycles. The normalized spacial score (nSPS) is 10.4. The van der Waals surface area contributed by atoms with Gasteiger partial charge in [0.05, 0.1) is 25.1 Å². The van der Waals surface area contributed by atoms with Crippen LogP contribution in [0.25, 0.3) is 0 Å². The smallest absolute Gasteiger partial charge is 0.174 e. The largest absolute Gasteiger partial charge is 0.492 e. The van der Waals surface area contributed by atoms with E-state index in [2.05, 4.69) is 5.32 Å². The minimum absolute atomic E-state index is 0.529. The highest BCUT2D eigenvalue weighted by atomic mass is 35.5. The summed E-state index contributed by atoms with van der Waals surface area (Å²) in [4.78, 5) is 2.01. The fourth-order valence-corrected chi connectivity index (χ4v) is 3.10. The predicted molar refractivity (Wildman–Crippen MR) is 113 cm³/mol. The fraction of sp³-hybridized carbons (Fsp3) is 0.190. The van der Waals surface area contributed by atoms with Crippen LogP contribution in [0.3, 0.4) is 0 Å². The lowest BCUT2D eigenvalue weighted by Crippen LogP contribution is -2.34. The van der Waals surface area contributed by atoms with Crippen molar-refractivity contribution in [3.05, 3.63) is 83.3 Å². The van der Waals surface area contributed by atoms with Gasteiger partial charge in [0, 0.05) is 11.6 Å². The first-order chi connectivity index (χ1) is 13.2. The van der Waals surface area contributed by atoms with E-state index in [1.807, 2.05) is 72.5 Å². The van der Waals surface area contributed by atoms with E-state index < -0.39 is 0 Å². The zero-order valence-electron chi connectivity index (χ0n) is 15.0. The summed E-state index contributed by atoms with van der Waals surface area (Å²) in [6.45, 7) is 3.63. The Kier molecular flexibility index (Phi) is 6.74. The number of rotatable bonds is 7. The lowest BCUT2D eigenvalue weighted by Gasteiger charge is -2.26. The number of anilines is 1. The number of hydrogen-bond acceptors (Lipinski definition) is 3. The minimum atomic E-state index is 0.529. The molecule has 0 radical (unpaired) electrons. The summed E-state index contributed by atoms with van der Waals surface area (Å²) in [5.41, 5.74) is 1.82. The first kappa shape index (κ1) is 19.3. The molecule has 0 aliphatic carbocycles. The lowest BCUT2D eigenvalue weighted by atomic mass is 10.2. The molecule has 0 aliphatic rings. The molecule has 0 amide bonds. The molecular formula is C21H21ClN2O2S. The molecule has 0 fully saturated rings. The van der Waals surface area contributed by atoms with Gasteiger partial charge < -0.3 is 19.4 Å². The average molecular weight is 401 g/mol. The summed E-state index contributed by atoms with van der Waals surface area (Å²) in [6, 6.07) is 19.3. The Morgan fingerprint density at radius 1 is 1.07 bits per heavy atom. The van der Waals surface area contributed by atoms with Gasteiger partial charge in [-0.1, -0.05) is 41.9 Å². The zero-order valence-corrected chi connectivity index (χ0v) is 16.6. The van der Waals surface area contributed by atoms with Crippen LogP contribution < -0.4 is 10.1 Å². The van der Waals surface area contributed by atoms with Crippen molar-refractivity contribution in [2.75, 3.05) is 11.9 Å². The molecule has 0 atom stereocenters. The van der Waals surface area contributed by atoms with E-state index >= 15 is 0 Å². The molecule has 2 aromatic carbocycles. The topological polar surface area (TPSA) is 37.6 Å². The van der Waals surface area contributed by atoms with Crippen LogP contribution in [0, 0.1) is 0 Å². The summed E-state index contributed by atoms with van der Waals surface area (Å²) in [6.07, 6.45) is 1.66. The van der Waals surface area contributed by atoms with Crippen molar-refractivity contribution in [3.63, 3.8) is 0 Å². The number of hydrogen-bond donors (Lipinski definition) is 1. The first-order valence-corrected chi connectivity index (χ1v) is 9.49. The molecule has 1 N–H and O–H groups in total. The Balaban J connectivity index is 1.81. The zero-order chi connectivity index (χ0) is 19.1. The fourth-order valence-electron chi connectivity index (χ4n) is 2.67. The third kappa shape index (κ3) is 5.25. The van der Waals surface area contributed by atoms with Gasteiger partial charge in [-0.25, -0.2) is 0 Å². The number of nitrogens with zero attached hydrogens (tertiary/aromatic N) is 1. The quantitative estimate of drug-likeness (QED) is 0.512. The highest BCUT2D eigenvalue weighted by molar-refractivity contribution is 7.80. The van der Waals surface area contributed by atoms with Crippen LogP contribution in [-0.4, -0.2) is 16.6 Å². The predicted octanol–water partition coefficient (Wildman–Crippen LogP) is 5.73. The maximum absolute atomic E-state index is 6.35. The molecule has 6 heteroatoms. The van der Waals surface area contributed by atoms with Crippen molar-refractivity contribution in [2.45, 2.75) is 20.0 Å². The lowest BCUT2D eigenvalue weighted by molar-refractivity contribution is 0.341. The van der Waals surface area contributed by atoms with Crippen LogP contribution in [0.1, 0.15) is 18.2 Å². The second kappa shape index (κ2) is 9.44. The minimum Gasteiger partial charge on any atom is -0.492 e. The number of benzene rings is 2. The van der Waals surface area contributed by atoms with Crippen LogP contribution in [0.2, 0.25) is 5.02 Å². The number of nitrogens with one attached hydrogen (secondary N) is 1. The van der Waals surface area contributed by atoms with Gasteiger partial charge in [0.25, 0.3) is 0 Å². The maximum Gasteiger partial charge on any atom is 0.174 e. The molecule has 0 bridgehead atoms. The Hall–Kier alpha value is -2.50. The van der Waals surface area contributed by atoms with Gasteiger partial charge in [-0.3, -0.25) is 0 Å². The van der Waals surface area contributed by atoms with Crippen molar-refractivity contribution in [1.29, 1.82) is 0 Å². The molecule has 4 nitrogen and oxygen atoms in total. The summed E-state index contributed by atoms with van der Waals surface area (Å²) in [5.74, 6) is 1.59. The maximum atomic E-state index is 6.35. The van der Waals surface area contributed by atoms with E-state index in [1.54, 1.807) is 6.26 Å². The van der Waals surface area contributed by atoms with Gasteiger partial charge in [0.2, 0.25) is 0 Å². The van der Waals surface area contributed by atoms with Crippen LogP contribution in [0.15, 0.2) is 71.3 Å². The van der Waals surface area contributed by atoms with Crippen molar-refractivity contribution < 1.29 is 9.15 Å². The van der Waals surface area contributed by atoms with Gasteiger partial charge in [0.15, 0.2) is 5.11 Å². The Labute approximate surface area is 169 Å². The number of halogens is 1. The molecule has 1 aromatic heterocycles. The highest BCUT2D eigenvalue weighted by Crippen LogP contribution is 2.25. The van der Waals surface area contributed by atoms with Crippen molar-refractivity contribution in [1.82, 2.24) is 4.90 Å². The van der Waals surface area contributed by atoms with Crippen molar-refractivity contribution in [2.24, 2.45) is 0 Å². The number of para-hydroxylation sites is 2. The summed E-state index contributed by atoms with van der Waals surface area (Å²) >= 11 is 12.0. The van der Waals surface area contributed by atoms with Gasteiger partial charge >= 0.3 is 0 Å². The van der Waals surface area contributed by atoms with Gasteiger partial charge in [0.1, 0.15) is 11.5 Å². The van der Waals surface area contributed by atoms with E-state index in [0.717, 1.165) is 22.8 Å². The third-order valence-electron chi connectivity index (χ3n) is 3.96. The molecule has 0 saturated heterocycles. The second-order valence-electron chi connectivity index (χ2n) is 5.89. The molecule has 0 saturated carbocycles. The molecule has 27 heavy (non-hydrogen) atoms.